The molecule has 1 heterocycles. The number of fused-ring (bicyclic) bond motifs is 1. The van der Waals surface area contributed by atoms with Crippen molar-refractivity contribution in [3.8, 4) is 5.75 Å². The molecule has 0 atom stereocenters. The Morgan fingerprint density at radius 3 is 2.67 bits per heavy atom. The molecule has 1 aliphatic rings. The van der Waals surface area contributed by atoms with Crippen LogP contribution in [0.4, 0.5) is 5.69 Å². The van der Waals surface area contributed by atoms with Crippen LogP contribution in [0, 0.1) is 0 Å². The number of para-hydroxylation sites is 1. The van der Waals surface area contributed by atoms with Gasteiger partial charge in [-0.15, -0.1) is 0 Å². The quantitative estimate of drug-likeness (QED) is 0.937. The zero-order valence-corrected chi connectivity index (χ0v) is 11.9. The summed E-state index contributed by atoms with van der Waals surface area (Å²) in [6.07, 6.45) is 1.01. The number of aromatic carboxylic acids is 1. The van der Waals surface area contributed by atoms with E-state index < -0.39 is 5.97 Å². The van der Waals surface area contributed by atoms with Crippen LogP contribution >= 0.6 is 0 Å². The molecule has 0 spiro atoms. The fourth-order valence-electron chi connectivity index (χ4n) is 2.79. The first kappa shape index (κ1) is 13.5. The lowest BCUT2D eigenvalue weighted by Crippen LogP contribution is -2.20. The smallest absolute Gasteiger partial charge is 0.335 e. The number of carboxylic acid groups (broad SMARTS) is 1. The number of methoxy groups -OCH3 is 1. The molecule has 21 heavy (non-hydrogen) atoms. The Kier molecular flexibility index (Phi) is 3.52. The van der Waals surface area contributed by atoms with Crippen LogP contribution in [0.25, 0.3) is 0 Å². The summed E-state index contributed by atoms with van der Waals surface area (Å²) in [5.41, 5.74) is 3.87. The maximum absolute atomic E-state index is 10.9. The van der Waals surface area contributed by atoms with Crippen molar-refractivity contribution in [2.24, 2.45) is 0 Å². The Balaban J connectivity index is 1.83. The van der Waals surface area contributed by atoms with Crippen molar-refractivity contribution in [2.75, 3.05) is 18.6 Å². The van der Waals surface area contributed by atoms with Crippen molar-refractivity contribution in [2.45, 2.75) is 13.0 Å². The van der Waals surface area contributed by atoms with Gasteiger partial charge in [0.15, 0.2) is 0 Å². The van der Waals surface area contributed by atoms with Crippen molar-refractivity contribution >= 4 is 11.7 Å². The maximum atomic E-state index is 10.9. The van der Waals surface area contributed by atoms with Crippen LogP contribution in [-0.4, -0.2) is 24.7 Å². The SMILES string of the molecule is COc1cccc2c1N(Cc1ccc(C(=O)O)cc1)CC2. The third-order valence-electron chi connectivity index (χ3n) is 3.84. The van der Waals surface area contributed by atoms with Crippen LogP contribution in [0.15, 0.2) is 42.5 Å². The highest BCUT2D eigenvalue weighted by Gasteiger charge is 2.22. The summed E-state index contributed by atoms with van der Waals surface area (Å²) in [4.78, 5) is 13.2. The minimum absolute atomic E-state index is 0.318. The molecule has 1 aliphatic heterocycles. The second-order valence-corrected chi connectivity index (χ2v) is 5.14. The molecule has 108 valence electrons. The van der Waals surface area contributed by atoms with Crippen molar-refractivity contribution in [1.82, 2.24) is 0 Å². The van der Waals surface area contributed by atoms with Crippen LogP contribution < -0.4 is 9.64 Å². The zero-order valence-electron chi connectivity index (χ0n) is 11.9. The van der Waals surface area contributed by atoms with Crippen LogP contribution in [0.2, 0.25) is 0 Å². The Bertz CT molecular complexity index is 664. The van der Waals surface area contributed by atoms with E-state index in [2.05, 4.69) is 11.0 Å². The first-order valence-corrected chi connectivity index (χ1v) is 6.92. The molecule has 0 aliphatic carbocycles. The van der Waals surface area contributed by atoms with E-state index in [1.54, 1.807) is 19.2 Å². The highest BCUT2D eigenvalue weighted by atomic mass is 16.5. The minimum Gasteiger partial charge on any atom is -0.495 e. The average molecular weight is 283 g/mol. The molecule has 4 heteroatoms. The van der Waals surface area contributed by atoms with Gasteiger partial charge in [0, 0.05) is 13.1 Å². The summed E-state index contributed by atoms with van der Waals surface area (Å²) >= 11 is 0. The van der Waals surface area contributed by atoms with Gasteiger partial charge >= 0.3 is 5.97 Å². The molecule has 2 aromatic carbocycles. The van der Waals surface area contributed by atoms with Gasteiger partial charge in [0.1, 0.15) is 5.75 Å². The highest BCUT2D eigenvalue weighted by molar-refractivity contribution is 5.87. The summed E-state index contributed by atoms with van der Waals surface area (Å²) in [5.74, 6) is 0.00175. The Morgan fingerprint density at radius 1 is 1.24 bits per heavy atom. The normalized spacial score (nSPS) is 13.1. The molecule has 2 aromatic rings. The van der Waals surface area contributed by atoms with Gasteiger partial charge < -0.3 is 14.7 Å². The first-order chi connectivity index (χ1) is 10.2. The molecule has 0 bridgehead atoms. The predicted octanol–water partition coefficient (Wildman–Crippen LogP) is 2.96. The first-order valence-electron chi connectivity index (χ1n) is 6.92. The van der Waals surface area contributed by atoms with Crippen molar-refractivity contribution < 1.29 is 14.6 Å². The monoisotopic (exact) mass is 283 g/mol. The Hall–Kier alpha value is -2.49. The fourth-order valence-corrected chi connectivity index (χ4v) is 2.79. The number of hydrogen-bond donors (Lipinski definition) is 1. The largest absolute Gasteiger partial charge is 0.495 e. The number of rotatable bonds is 4. The maximum Gasteiger partial charge on any atom is 0.335 e. The van der Waals surface area contributed by atoms with Crippen molar-refractivity contribution in [3.63, 3.8) is 0 Å². The van der Waals surface area contributed by atoms with Gasteiger partial charge in [-0.3, -0.25) is 0 Å². The Labute approximate surface area is 123 Å². The molecule has 0 aromatic heterocycles. The van der Waals surface area contributed by atoms with Gasteiger partial charge in [-0.2, -0.15) is 0 Å². The molecule has 0 radical (unpaired) electrons. The molecular formula is C17H17NO3. The second-order valence-electron chi connectivity index (χ2n) is 5.14. The second kappa shape index (κ2) is 5.48. The Morgan fingerprint density at radius 2 is 2.00 bits per heavy atom. The molecule has 0 saturated carbocycles. The van der Waals surface area contributed by atoms with Gasteiger partial charge in [0.25, 0.3) is 0 Å². The van der Waals surface area contributed by atoms with Gasteiger partial charge in [-0.25, -0.2) is 4.79 Å². The minimum atomic E-state index is -0.894. The average Bonchev–Trinajstić information content (AvgIpc) is 2.91. The third kappa shape index (κ3) is 2.57. The van der Waals surface area contributed by atoms with Gasteiger partial charge in [-0.1, -0.05) is 24.3 Å². The van der Waals surface area contributed by atoms with E-state index in [0.29, 0.717) is 5.56 Å². The summed E-state index contributed by atoms with van der Waals surface area (Å²) in [5, 5.41) is 8.93. The molecule has 3 rings (SSSR count). The lowest BCUT2D eigenvalue weighted by Gasteiger charge is -2.21. The van der Waals surface area contributed by atoms with E-state index in [9.17, 15) is 4.79 Å². The summed E-state index contributed by atoms with van der Waals surface area (Å²) < 4.78 is 5.46. The van der Waals surface area contributed by atoms with Crippen LogP contribution in [0.5, 0.6) is 5.75 Å². The lowest BCUT2D eigenvalue weighted by molar-refractivity contribution is 0.0697. The standard InChI is InChI=1S/C17H17NO3/c1-21-15-4-2-3-13-9-10-18(16(13)15)11-12-5-7-14(8-6-12)17(19)20/h2-8H,9-11H2,1H3,(H,19,20). The van der Waals surface area contributed by atoms with Gasteiger partial charge in [0.05, 0.1) is 18.4 Å². The van der Waals surface area contributed by atoms with E-state index in [1.807, 2.05) is 24.3 Å². The number of hydrogen-bond acceptors (Lipinski definition) is 3. The van der Waals surface area contributed by atoms with Crippen molar-refractivity contribution in [3.05, 3.63) is 59.2 Å². The number of carboxylic acids is 1. The highest BCUT2D eigenvalue weighted by Crippen LogP contribution is 2.37. The van der Waals surface area contributed by atoms with E-state index >= 15 is 0 Å². The number of nitrogens with zero attached hydrogens (tertiary/aromatic N) is 1. The number of benzene rings is 2. The van der Waals surface area contributed by atoms with E-state index in [-0.39, 0.29) is 0 Å². The summed E-state index contributed by atoms with van der Waals surface area (Å²) in [6, 6.07) is 13.2. The van der Waals surface area contributed by atoms with Gasteiger partial charge in [0.2, 0.25) is 0 Å². The number of ether oxygens (including phenoxy) is 1. The van der Waals surface area contributed by atoms with Crippen LogP contribution in [0.1, 0.15) is 21.5 Å². The molecule has 0 unspecified atom stereocenters. The zero-order chi connectivity index (χ0) is 14.8. The molecule has 0 fully saturated rings. The van der Waals surface area contributed by atoms with Gasteiger partial charge in [-0.05, 0) is 35.7 Å². The van der Waals surface area contributed by atoms with E-state index in [0.717, 1.165) is 36.5 Å². The van der Waals surface area contributed by atoms with Crippen LogP contribution in [-0.2, 0) is 13.0 Å². The third-order valence-corrected chi connectivity index (χ3v) is 3.84. The summed E-state index contributed by atoms with van der Waals surface area (Å²) in [6.45, 7) is 1.71. The number of anilines is 1. The van der Waals surface area contributed by atoms with Crippen LogP contribution in [0.3, 0.4) is 0 Å². The van der Waals surface area contributed by atoms with E-state index in [4.69, 9.17) is 9.84 Å². The number of carbonyl (C=O) groups is 1. The van der Waals surface area contributed by atoms with E-state index in [1.165, 1.54) is 5.56 Å². The predicted molar refractivity (Wildman–Crippen MR) is 81.1 cm³/mol. The van der Waals surface area contributed by atoms with Crippen molar-refractivity contribution in [1.29, 1.82) is 0 Å². The summed E-state index contributed by atoms with van der Waals surface area (Å²) in [7, 11) is 1.69. The topological polar surface area (TPSA) is 49.8 Å². The molecular weight excluding hydrogens is 266 g/mol. The molecule has 0 amide bonds. The lowest BCUT2D eigenvalue weighted by atomic mass is 10.1. The molecule has 1 N–H and O–H groups in total. The molecule has 4 nitrogen and oxygen atoms in total. The molecule has 0 saturated heterocycles. The fraction of sp³-hybridized carbons (Fsp3) is 0.235.